The molecule has 0 spiro atoms. The zero-order valence-corrected chi connectivity index (χ0v) is 16.0. The third-order valence-corrected chi connectivity index (χ3v) is 5.61. The van der Waals surface area contributed by atoms with Crippen LogP contribution in [0.15, 0.2) is 49.1 Å². The first-order chi connectivity index (χ1) is 13.8. The number of likely N-dealkylation sites (tertiary alicyclic amines) is 1. The average molecular weight is 372 g/mol. The van der Waals surface area contributed by atoms with E-state index in [-0.39, 0.29) is 0 Å². The minimum atomic E-state index is 0.369. The van der Waals surface area contributed by atoms with Gasteiger partial charge in [-0.05, 0) is 37.9 Å². The zero-order valence-electron chi connectivity index (χ0n) is 16.0. The van der Waals surface area contributed by atoms with Crippen LogP contribution in [0.2, 0.25) is 0 Å². The lowest BCUT2D eigenvalue weighted by atomic mass is 9.92. The highest BCUT2D eigenvalue weighted by Gasteiger charge is 2.26. The Hall–Kier alpha value is -2.99. The van der Waals surface area contributed by atoms with E-state index in [1.807, 2.05) is 13.1 Å². The van der Waals surface area contributed by atoms with Crippen molar-refractivity contribution in [3.05, 3.63) is 66.0 Å². The molecule has 28 heavy (non-hydrogen) atoms. The van der Waals surface area contributed by atoms with Gasteiger partial charge in [0.15, 0.2) is 5.82 Å². The van der Waals surface area contributed by atoms with Gasteiger partial charge in [-0.2, -0.15) is 0 Å². The van der Waals surface area contributed by atoms with Crippen LogP contribution in [0.5, 0.6) is 0 Å². The molecular formula is C22H24N6. The Morgan fingerprint density at radius 1 is 1.14 bits per heavy atom. The molecule has 1 saturated heterocycles. The van der Waals surface area contributed by atoms with Gasteiger partial charge < -0.3 is 9.97 Å². The number of rotatable bonds is 4. The summed E-state index contributed by atoms with van der Waals surface area (Å²) in [5.41, 5.74) is 5.54. The van der Waals surface area contributed by atoms with Gasteiger partial charge in [-0.3, -0.25) is 9.88 Å². The molecule has 3 aromatic heterocycles. The first-order valence-electron chi connectivity index (χ1n) is 9.88. The van der Waals surface area contributed by atoms with E-state index >= 15 is 0 Å². The number of aromatic amines is 2. The molecule has 4 heterocycles. The van der Waals surface area contributed by atoms with Crippen LogP contribution in [-0.4, -0.2) is 42.9 Å². The van der Waals surface area contributed by atoms with Crippen molar-refractivity contribution in [2.24, 2.45) is 0 Å². The Morgan fingerprint density at radius 2 is 2.04 bits per heavy atom. The van der Waals surface area contributed by atoms with Gasteiger partial charge in [0.05, 0.1) is 5.69 Å². The molecule has 5 rings (SSSR count). The first-order valence-corrected chi connectivity index (χ1v) is 9.88. The van der Waals surface area contributed by atoms with E-state index in [2.05, 4.69) is 55.3 Å². The summed E-state index contributed by atoms with van der Waals surface area (Å²) in [5, 5.41) is 1.32. The molecule has 6 heteroatoms. The molecule has 0 amide bonds. The van der Waals surface area contributed by atoms with Gasteiger partial charge in [0.25, 0.3) is 0 Å². The molecule has 1 aliphatic rings. The number of hydrogen-bond acceptors (Lipinski definition) is 4. The summed E-state index contributed by atoms with van der Waals surface area (Å²) >= 11 is 0. The highest BCUT2D eigenvalue weighted by atomic mass is 15.1. The van der Waals surface area contributed by atoms with E-state index < -0.39 is 0 Å². The lowest BCUT2D eigenvalue weighted by molar-refractivity contribution is 0.199. The second-order valence-corrected chi connectivity index (χ2v) is 7.64. The number of nitrogens with zero attached hydrogens (tertiary/aromatic N) is 4. The number of piperidine rings is 1. The Kier molecular flexibility index (Phi) is 4.41. The molecule has 0 saturated carbocycles. The maximum atomic E-state index is 4.71. The molecule has 0 unspecified atom stereocenters. The predicted octanol–water partition coefficient (Wildman–Crippen LogP) is 4.04. The smallest absolute Gasteiger partial charge is 0.158 e. The minimum absolute atomic E-state index is 0.369. The predicted molar refractivity (Wildman–Crippen MR) is 110 cm³/mol. The first kappa shape index (κ1) is 17.1. The van der Waals surface area contributed by atoms with Gasteiger partial charge in [-0.25, -0.2) is 9.97 Å². The zero-order chi connectivity index (χ0) is 18.9. The maximum absolute atomic E-state index is 4.71. The van der Waals surface area contributed by atoms with E-state index in [1.54, 1.807) is 12.4 Å². The summed E-state index contributed by atoms with van der Waals surface area (Å²) < 4.78 is 0. The Morgan fingerprint density at radius 3 is 2.93 bits per heavy atom. The number of H-pyrrole nitrogens is 2. The molecule has 6 nitrogen and oxygen atoms in total. The summed E-state index contributed by atoms with van der Waals surface area (Å²) in [4.78, 5) is 23.0. The van der Waals surface area contributed by atoms with Gasteiger partial charge in [0, 0.05) is 60.4 Å². The summed E-state index contributed by atoms with van der Waals surface area (Å²) in [6.07, 6.45) is 9.85. The van der Waals surface area contributed by atoms with Crippen molar-refractivity contribution in [3.63, 3.8) is 0 Å². The SMILES string of the molecule is Cc1cnc(-c2nccnc2[C@@H]2CCCN(Cc3c[nH]c4ccccc34)C2)[nH]1. The average Bonchev–Trinajstić information content (AvgIpc) is 3.35. The molecular weight excluding hydrogens is 348 g/mol. The van der Waals surface area contributed by atoms with Crippen molar-refractivity contribution in [1.29, 1.82) is 0 Å². The molecule has 1 fully saturated rings. The summed E-state index contributed by atoms with van der Waals surface area (Å²) in [7, 11) is 0. The van der Waals surface area contributed by atoms with Crippen molar-refractivity contribution in [2.75, 3.05) is 13.1 Å². The highest BCUT2D eigenvalue weighted by Crippen LogP contribution is 2.32. The molecule has 1 aliphatic heterocycles. The Balaban J connectivity index is 1.39. The van der Waals surface area contributed by atoms with Crippen LogP contribution in [0.3, 0.4) is 0 Å². The quantitative estimate of drug-likeness (QED) is 0.567. The van der Waals surface area contributed by atoms with E-state index in [0.29, 0.717) is 5.92 Å². The van der Waals surface area contributed by atoms with E-state index in [4.69, 9.17) is 4.98 Å². The monoisotopic (exact) mass is 372 g/mol. The van der Waals surface area contributed by atoms with Crippen LogP contribution < -0.4 is 0 Å². The molecule has 1 atom stereocenters. The lowest BCUT2D eigenvalue weighted by Crippen LogP contribution is -2.34. The van der Waals surface area contributed by atoms with E-state index in [0.717, 1.165) is 49.0 Å². The fourth-order valence-electron chi connectivity index (χ4n) is 4.29. The number of para-hydroxylation sites is 1. The van der Waals surface area contributed by atoms with Gasteiger partial charge in [-0.15, -0.1) is 0 Å². The largest absolute Gasteiger partial charge is 0.361 e. The molecule has 2 N–H and O–H groups in total. The van der Waals surface area contributed by atoms with Crippen molar-refractivity contribution >= 4 is 10.9 Å². The number of hydrogen-bond donors (Lipinski definition) is 2. The van der Waals surface area contributed by atoms with Crippen molar-refractivity contribution in [1.82, 2.24) is 29.8 Å². The fourth-order valence-corrected chi connectivity index (χ4v) is 4.29. The summed E-state index contributed by atoms with van der Waals surface area (Å²) in [5.74, 6) is 1.18. The van der Waals surface area contributed by atoms with E-state index in [9.17, 15) is 0 Å². The van der Waals surface area contributed by atoms with Crippen LogP contribution >= 0.6 is 0 Å². The minimum Gasteiger partial charge on any atom is -0.361 e. The van der Waals surface area contributed by atoms with Gasteiger partial charge >= 0.3 is 0 Å². The van der Waals surface area contributed by atoms with Crippen LogP contribution in [-0.2, 0) is 6.54 Å². The Labute approximate surface area is 164 Å². The molecule has 1 aromatic carbocycles. The third-order valence-electron chi connectivity index (χ3n) is 5.61. The second kappa shape index (κ2) is 7.20. The van der Waals surface area contributed by atoms with E-state index in [1.165, 1.54) is 22.9 Å². The molecule has 0 radical (unpaired) electrons. The van der Waals surface area contributed by atoms with Crippen molar-refractivity contribution in [2.45, 2.75) is 32.2 Å². The number of imidazole rings is 1. The molecule has 4 aromatic rings. The topological polar surface area (TPSA) is 73.5 Å². The number of nitrogens with one attached hydrogen (secondary N) is 2. The standard InChI is InChI=1S/C22H24N6/c1-15-11-26-22(27-15)21-20(23-8-9-24-21)16-5-4-10-28(13-16)14-17-12-25-19-7-3-2-6-18(17)19/h2-3,6-9,11-12,16,25H,4-5,10,13-14H2,1H3,(H,26,27)/t16-/m1/s1. The number of aryl methyl sites for hydroxylation is 1. The van der Waals surface area contributed by atoms with Crippen LogP contribution in [0.1, 0.15) is 35.7 Å². The fraction of sp³-hybridized carbons (Fsp3) is 0.318. The third kappa shape index (κ3) is 3.20. The number of benzene rings is 1. The van der Waals surface area contributed by atoms with Crippen molar-refractivity contribution in [3.8, 4) is 11.5 Å². The second-order valence-electron chi connectivity index (χ2n) is 7.64. The van der Waals surface area contributed by atoms with Crippen LogP contribution in [0.4, 0.5) is 0 Å². The van der Waals surface area contributed by atoms with Gasteiger partial charge in [0.2, 0.25) is 0 Å². The number of fused-ring (bicyclic) bond motifs is 1. The summed E-state index contributed by atoms with van der Waals surface area (Å²) in [6, 6.07) is 8.51. The van der Waals surface area contributed by atoms with Crippen LogP contribution in [0.25, 0.3) is 22.4 Å². The Bertz CT molecular complexity index is 1100. The number of aromatic nitrogens is 5. The normalized spacial score (nSPS) is 18.0. The lowest BCUT2D eigenvalue weighted by Gasteiger charge is -2.32. The summed E-state index contributed by atoms with van der Waals surface area (Å²) in [6.45, 7) is 5.07. The maximum Gasteiger partial charge on any atom is 0.158 e. The molecule has 142 valence electrons. The highest BCUT2D eigenvalue weighted by molar-refractivity contribution is 5.82. The molecule has 0 aliphatic carbocycles. The molecule has 0 bridgehead atoms. The van der Waals surface area contributed by atoms with Crippen molar-refractivity contribution < 1.29 is 0 Å². The van der Waals surface area contributed by atoms with Crippen LogP contribution in [0, 0.1) is 6.92 Å². The van der Waals surface area contributed by atoms with Gasteiger partial charge in [-0.1, -0.05) is 18.2 Å². The van der Waals surface area contributed by atoms with Gasteiger partial charge in [0.1, 0.15) is 5.69 Å².